The first-order valence-electron chi connectivity index (χ1n) is 2.88. The summed E-state index contributed by atoms with van der Waals surface area (Å²) in [6.07, 6.45) is 6.69. The maximum atomic E-state index is 8.17. The number of hydrogen-bond donors (Lipinski definition) is 0. The Hall–Kier alpha value is -1.56. The van der Waals surface area contributed by atoms with Crippen LogP contribution in [0.15, 0.2) is 18.5 Å². The minimum Gasteiger partial charge on any atom is -0.275 e. The molecular formula is C7H7N3. The molecule has 0 spiro atoms. The van der Waals surface area contributed by atoms with Gasteiger partial charge in [0.25, 0.3) is 0 Å². The van der Waals surface area contributed by atoms with Crippen molar-refractivity contribution in [2.75, 3.05) is 0 Å². The predicted molar refractivity (Wildman–Crippen MR) is 37.9 cm³/mol. The normalized spacial score (nSPS) is 10.0. The lowest BCUT2D eigenvalue weighted by atomic mass is 10.3. The summed E-state index contributed by atoms with van der Waals surface area (Å²) in [6.45, 7) is 0. The summed E-state index contributed by atoms with van der Waals surface area (Å²) in [5.74, 6) is 0. The van der Waals surface area contributed by atoms with E-state index in [4.69, 9.17) is 5.26 Å². The van der Waals surface area contributed by atoms with Crippen molar-refractivity contribution in [1.29, 1.82) is 5.26 Å². The van der Waals surface area contributed by atoms with Gasteiger partial charge < -0.3 is 0 Å². The fourth-order valence-corrected chi connectivity index (χ4v) is 0.660. The third-order valence-corrected chi connectivity index (χ3v) is 1.08. The Balaban J connectivity index is 2.78. The molecule has 0 aromatic carbocycles. The van der Waals surface area contributed by atoms with Crippen LogP contribution in [0.5, 0.6) is 0 Å². The summed E-state index contributed by atoms with van der Waals surface area (Å²) >= 11 is 0. The minimum absolute atomic E-state index is 0.948. The Labute approximate surface area is 59.2 Å². The van der Waals surface area contributed by atoms with Gasteiger partial charge in [0.05, 0.1) is 12.3 Å². The van der Waals surface area contributed by atoms with Crippen LogP contribution >= 0.6 is 0 Å². The average Bonchev–Trinajstić information content (AvgIpc) is 2.31. The van der Waals surface area contributed by atoms with Gasteiger partial charge in [0, 0.05) is 24.9 Å². The molecular weight excluding hydrogens is 126 g/mol. The molecule has 1 rings (SSSR count). The molecule has 3 nitrogen and oxygen atoms in total. The molecule has 0 radical (unpaired) electrons. The average molecular weight is 133 g/mol. The summed E-state index contributed by atoms with van der Waals surface area (Å²) in [4.78, 5) is 0. The van der Waals surface area contributed by atoms with Crippen LogP contribution in [0, 0.1) is 11.3 Å². The summed E-state index contributed by atoms with van der Waals surface area (Å²) in [5, 5.41) is 12.1. The molecule has 1 aromatic rings. The summed E-state index contributed by atoms with van der Waals surface area (Å²) in [7, 11) is 1.84. The van der Waals surface area contributed by atoms with Crippen molar-refractivity contribution in [3.05, 3.63) is 24.0 Å². The zero-order chi connectivity index (χ0) is 7.40. The Morgan fingerprint density at radius 2 is 2.60 bits per heavy atom. The van der Waals surface area contributed by atoms with Crippen molar-refractivity contribution >= 4 is 6.08 Å². The molecule has 0 saturated carbocycles. The molecule has 10 heavy (non-hydrogen) atoms. The number of nitrogens with zero attached hydrogens (tertiary/aromatic N) is 3. The number of allylic oxidation sites excluding steroid dienone is 1. The van der Waals surface area contributed by atoms with E-state index in [1.165, 1.54) is 6.08 Å². The number of aromatic nitrogens is 2. The van der Waals surface area contributed by atoms with Crippen molar-refractivity contribution < 1.29 is 0 Å². The minimum atomic E-state index is 0.948. The molecule has 0 aliphatic rings. The second kappa shape index (κ2) is 2.83. The first-order valence-corrected chi connectivity index (χ1v) is 2.88. The number of hydrogen-bond acceptors (Lipinski definition) is 2. The maximum absolute atomic E-state index is 8.17. The van der Waals surface area contributed by atoms with E-state index >= 15 is 0 Å². The second-order valence-corrected chi connectivity index (χ2v) is 1.91. The molecule has 3 heteroatoms. The van der Waals surface area contributed by atoms with Crippen LogP contribution in [-0.2, 0) is 7.05 Å². The first kappa shape index (κ1) is 6.56. The van der Waals surface area contributed by atoms with E-state index in [1.54, 1.807) is 17.0 Å². The van der Waals surface area contributed by atoms with E-state index in [9.17, 15) is 0 Å². The van der Waals surface area contributed by atoms with Crippen molar-refractivity contribution in [3.63, 3.8) is 0 Å². The maximum Gasteiger partial charge on any atom is 0.0912 e. The van der Waals surface area contributed by atoms with Crippen molar-refractivity contribution in [2.45, 2.75) is 0 Å². The highest BCUT2D eigenvalue weighted by Crippen LogP contribution is 1.97. The standard InChI is InChI=1S/C7H7N3/c1-10-6-7(5-9-10)3-2-4-8/h2-3,5-6H,1H3/b3-2+. The van der Waals surface area contributed by atoms with Gasteiger partial charge in [-0.05, 0) is 6.08 Å². The van der Waals surface area contributed by atoms with Crippen LogP contribution in [-0.4, -0.2) is 9.78 Å². The van der Waals surface area contributed by atoms with Crippen LogP contribution in [0.3, 0.4) is 0 Å². The van der Waals surface area contributed by atoms with Crippen molar-refractivity contribution in [3.8, 4) is 6.07 Å². The molecule has 50 valence electrons. The molecule has 1 heterocycles. The molecule has 0 unspecified atom stereocenters. The third kappa shape index (κ3) is 1.46. The third-order valence-electron chi connectivity index (χ3n) is 1.08. The van der Waals surface area contributed by atoms with E-state index in [0.29, 0.717) is 0 Å². The van der Waals surface area contributed by atoms with Gasteiger partial charge in [0.1, 0.15) is 0 Å². The van der Waals surface area contributed by atoms with Gasteiger partial charge in [-0.25, -0.2) is 0 Å². The van der Waals surface area contributed by atoms with E-state index < -0.39 is 0 Å². The molecule has 0 aliphatic heterocycles. The van der Waals surface area contributed by atoms with E-state index in [1.807, 2.05) is 19.3 Å². The van der Waals surface area contributed by atoms with Gasteiger partial charge >= 0.3 is 0 Å². The molecule has 0 amide bonds. The van der Waals surface area contributed by atoms with Gasteiger partial charge in [0.15, 0.2) is 0 Å². The second-order valence-electron chi connectivity index (χ2n) is 1.91. The van der Waals surface area contributed by atoms with Crippen LogP contribution < -0.4 is 0 Å². The van der Waals surface area contributed by atoms with E-state index in [0.717, 1.165) is 5.56 Å². The molecule has 1 aromatic heterocycles. The molecule has 0 saturated heterocycles. The highest BCUT2D eigenvalue weighted by atomic mass is 15.2. The fraction of sp³-hybridized carbons (Fsp3) is 0.143. The zero-order valence-corrected chi connectivity index (χ0v) is 5.65. The molecule has 0 bridgehead atoms. The Morgan fingerprint density at radius 3 is 3.10 bits per heavy atom. The first-order chi connectivity index (χ1) is 4.83. The van der Waals surface area contributed by atoms with E-state index in [2.05, 4.69) is 5.10 Å². The predicted octanol–water partition coefficient (Wildman–Crippen LogP) is 0.957. The summed E-state index contributed by atoms with van der Waals surface area (Å²) < 4.78 is 1.69. The monoisotopic (exact) mass is 133 g/mol. The van der Waals surface area contributed by atoms with Gasteiger partial charge in [-0.15, -0.1) is 0 Å². The molecule has 0 N–H and O–H groups in total. The number of aryl methyl sites for hydroxylation is 1. The lowest BCUT2D eigenvalue weighted by Crippen LogP contribution is -1.83. The summed E-state index contributed by atoms with van der Waals surface area (Å²) in [6, 6.07) is 1.91. The number of nitriles is 1. The molecule has 0 atom stereocenters. The highest BCUT2D eigenvalue weighted by Gasteiger charge is 1.86. The zero-order valence-electron chi connectivity index (χ0n) is 5.65. The molecule has 0 fully saturated rings. The number of rotatable bonds is 1. The lowest BCUT2D eigenvalue weighted by molar-refractivity contribution is 0.767. The Morgan fingerprint density at radius 1 is 1.80 bits per heavy atom. The van der Waals surface area contributed by atoms with Crippen LogP contribution in [0.4, 0.5) is 0 Å². The van der Waals surface area contributed by atoms with Gasteiger partial charge in [0.2, 0.25) is 0 Å². The van der Waals surface area contributed by atoms with Crippen LogP contribution in [0.25, 0.3) is 6.08 Å². The lowest BCUT2D eigenvalue weighted by Gasteiger charge is -1.79. The van der Waals surface area contributed by atoms with Gasteiger partial charge in [-0.1, -0.05) is 0 Å². The van der Waals surface area contributed by atoms with Crippen LogP contribution in [0.2, 0.25) is 0 Å². The van der Waals surface area contributed by atoms with Crippen LogP contribution in [0.1, 0.15) is 5.56 Å². The highest BCUT2D eigenvalue weighted by molar-refractivity contribution is 5.49. The largest absolute Gasteiger partial charge is 0.275 e. The Kier molecular flexibility index (Phi) is 1.86. The van der Waals surface area contributed by atoms with E-state index in [-0.39, 0.29) is 0 Å². The summed E-state index contributed by atoms with van der Waals surface area (Å²) in [5.41, 5.74) is 0.948. The van der Waals surface area contributed by atoms with Gasteiger partial charge in [-0.3, -0.25) is 4.68 Å². The topological polar surface area (TPSA) is 41.6 Å². The SMILES string of the molecule is Cn1cc(/C=C/C#N)cn1. The van der Waals surface area contributed by atoms with Crippen molar-refractivity contribution in [2.24, 2.45) is 7.05 Å². The smallest absolute Gasteiger partial charge is 0.0912 e. The quantitative estimate of drug-likeness (QED) is 0.535. The Bertz CT molecular complexity index is 277. The van der Waals surface area contributed by atoms with Crippen molar-refractivity contribution in [1.82, 2.24) is 9.78 Å². The fourth-order valence-electron chi connectivity index (χ4n) is 0.660. The van der Waals surface area contributed by atoms with Gasteiger partial charge in [-0.2, -0.15) is 10.4 Å². The molecule has 0 aliphatic carbocycles.